The fourth-order valence-corrected chi connectivity index (χ4v) is 2.92. The first-order valence-electron chi connectivity index (χ1n) is 7.63. The Morgan fingerprint density at radius 3 is 2.24 bits per heavy atom. The van der Waals surface area contributed by atoms with E-state index in [9.17, 15) is 4.79 Å². The first kappa shape index (κ1) is 15.5. The molecule has 1 aromatic carbocycles. The van der Waals surface area contributed by atoms with Gasteiger partial charge in [0, 0.05) is 5.56 Å². The molecule has 0 aromatic heterocycles. The number of carbonyl (C=O) groups is 1. The monoisotopic (exact) mass is 288 g/mol. The number of amidine groups is 1. The van der Waals surface area contributed by atoms with E-state index in [4.69, 9.17) is 15.9 Å². The van der Waals surface area contributed by atoms with Gasteiger partial charge in [0.05, 0.1) is 5.92 Å². The molecule has 0 heterocycles. The average Bonchev–Trinajstić information content (AvgIpc) is 2.47. The van der Waals surface area contributed by atoms with Crippen molar-refractivity contribution in [3.8, 4) is 5.75 Å². The van der Waals surface area contributed by atoms with Gasteiger partial charge in [-0.15, -0.1) is 0 Å². The summed E-state index contributed by atoms with van der Waals surface area (Å²) in [5.74, 6) is 1.86. The maximum atomic E-state index is 12.2. The summed E-state index contributed by atoms with van der Waals surface area (Å²) in [5, 5.41) is 7.33. The Labute approximate surface area is 126 Å². The number of hydrogen-bond donors (Lipinski definition) is 2. The van der Waals surface area contributed by atoms with Crippen LogP contribution in [-0.2, 0) is 4.79 Å². The molecule has 0 spiro atoms. The van der Waals surface area contributed by atoms with Crippen LogP contribution in [0, 0.1) is 23.2 Å². The molecule has 114 valence electrons. The van der Waals surface area contributed by atoms with Crippen molar-refractivity contribution in [3.05, 3.63) is 29.8 Å². The molecule has 0 amide bonds. The predicted molar refractivity (Wildman–Crippen MR) is 83.4 cm³/mol. The molecule has 0 atom stereocenters. The van der Waals surface area contributed by atoms with Gasteiger partial charge in [-0.1, -0.05) is 13.8 Å². The van der Waals surface area contributed by atoms with Crippen molar-refractivity contribution in [1.82, 2.24) is 0 Å². The molecule has 21 heavy (non-hydrogen) atoms. The van der Waals surface area contributed by atoms with E-state index < -0.39 is 0 Å². The standard InChI is InChI=1S/C17H24N2O2/c1-11(2)12-3-5-14(6-4-12)17(20)21-15-9-7-13(8-10-15)16(18)19/h7-12,14H,3-6H2,1-2H3,(H3,18,19). The van der Waals surface area contributed by atoms with Gasteiger partial charge < -0.3 is 10.5 Å². The van der Waals surface area contributed by atoms with Gasteiger partial charge >= 0.3 is 5.97 Å². The SMILES string of the molecule is CC(C)C1CCC(C(=O)Oc2ccc(C(=N)N)cc2)CC1. The zero-order chi connectivity index (χ0) is 15.4. The second-order valence-corrected chi connectivity index (χ2v) is 6.21. The first-order valence-corrected chi connectivity index (χ1v) is 7.63. The molecule has 0 aliphatic heterocycles. The van der Waals surface area contributed by atoms with Gasteiger partial charge in [-0.05, 0) is 61.8 Å². The highest BCUT2D eigenvalue weighted by Crippen LogP contribution is 2.34. The third kappa shape index (κ3) is 4.06. The van der Waals surface area contributed by atoms with Gasteiger partial charge in [0.25, 0.3) is 0 Å². The Morgan fingerprint density at radius 1 is 1.19 bits per heavy atom. The molecule has 4 heteroatoms. The maximum absolute atomic E-state index is 12.2. The summed E-state index contributed by atoms with van der Waals surface area (Å²) in [6, 6.07) is 6.77. The minimum Gasteiger partial charge on any atom is -0.426 e. The number of carbonyl (C=O) groups excluding carboxylic acids is 1. The lowest BCUT2D eigenvalue weighted by molar-refractivity contribution is -0.140. The summed E-state index contributed by atoms with van der Waals surface area (Å²) in [6.07, 6.45) is 4.07. The van der Waals surface area contributed by atoms with E-state index in [1.165, 1.54) is 0 Å². The Bertz CT molecular complexity index is 500. The smallest absolute Gasteiger partial charge is 0.314 e. The molecule has 1 fully saturated rings. The van der Waals surface area contributed by atoms with E-state index in [2.05, 4.69) is 13.8 Å². The van der Waals surface area contributed by atoms with Crippen molar-refractivity contribution in [2.45, 2.75) is 39.5 Å². The lowest BCUT2D eigenvalue weighted by Gasteiger charge is -2.29. The topological polar surface area (TPSA) is 76.2 Å². The molecule has 0 radical (unpaired) electrons. The van der Waals surface area contributed by atoms with Gasteiger partial charge in [0.1, 0.15) is 11.6 Å². The van der Waals surface area contributed by atoms with Crippen molar-refractivity contribution < 1.29 is 9.53 Å². The molecule has 0 bridgehead atoms. The highest BCUT2D eigenvalue weighted by atomic mass is 16.5. The Morgan fingerprint density at radius 2 is 1.76 bits per heavy atom. The Kier molecular flexibility index (Phi) is 4.99. The van der Waals surface area contributed by atoms with Gasteiger partial charge in [-0.3, -0.25) is 10.2 Å². The molecule has 1 aliphatic carbocycles. The van der Waals surface area contributed by atoms with Crippen molar-refractivity contribution >= 4 is 11.8 Å². The number of benzene rings is 1. The zero-order valence-electron chi connectivity index (χ0n) is 12.8. The van der Waals surface area contributed by atoms with Crippen LogP contribution in [0.25, 0.3) is 0 Å². The van der Waals surface area contributed by atoms with E-state index >= 15 is 0 Å². The maximum Gasteiger partial charge on any atom is 0.314 e. The molecule has 0 saturated heterocycles. The molecule has 0 unspecified atom stereocenters. The molecule has 1 aliphatic rings. The van der Waals surface area contributed by atoms with Crippen LogP contribution >= 0.6 is 0 Å². The minimum absolute atomic E-state index is 0.0138. The van der Waals surface area contributed by atoms with E-state index in [1.807, 2.05) is 0 Å². The molecular formula is C17H24N2O2. The van der Waals surface area contributed by atoms with Crippen LogP contribution in [0.1, 0.15) is 45.1 Å². The summed E-state index contributed by atoms with van der Waals surface area (Å²) in [6.45, 7) is 4.50. The lowest BCUT2D eigenvalue weighted by Crippen LogP contribution is -2.27. The molecule has 4 nitrogen and oxygen atoms in total. The second-order valence-electron chi connectivity index (χ2n) is 6.21. The van der Waals surface area contributed by atoms with Gasteiger partial charge in [0.2, 0.25) is 0 Å². The Hall–Kier alpha value is -1.84. The number of esters is 1. The predicted octanol–water partition coefficient (Wildman–Crippen LogP) is 3.34. The highest BCUT2D eigenvalue weighted by Gasteiger charge is 2.28. The number of nitrogens with one attached hydrogen (secondary N) is 1. The molecule has 1 aromatic rings. The van der Waals surface area contributed by atoms with Crippen LogP contribution in [0.5, 0.6) is 5.75 Å². The highest BCUT2D eigenvalue weighted by molar-refractivity contribution is 5.95. The third-order valence-electron chi connectivity index (χ3n) is 4.43. The quantitative estimate of drug-likeness (QED) is 0.386. The van der Waals surface area contributed by atoms with Crippen LogP contribution in [0.3, 0.4) is 0 Å². The number of rotatable bonds is 4. The molecule has 3 N–H and O–H groups in total. The van der Waals surface area contributed by atoms with Crippen molar-refractivity contribution in [3.63, 3.8) is 0 Å². The van der Waals surface area contributed by atoms with Crippen molar-refractivity contribution in [1.29, 1.82) is 5.41 Å². The average molecular weight is 288 g/mol. The van der Waals surface area contributed by atoms with Crippen molar-refractivity contribution in [2.24, 2.45) is 23.5 Å². The van der Waals surface area contributed by atoms with Crippen LogP contribution in [-0.4, -0.2) is 11.8 Å². The number of nitrogen functional groups attached to an aromatic ring is 1. The summed E-state index contributed by atoms with van der Waals surface area (Å²) >= 11 is 0. The molecular weight excluding hydrogens is 264 g/mol. The lowest BCUT2D eigenvalue weighted by atomic mass is 9.77. The number of ether oxygens (including phenoxy) is 1. The first-order chi connectivity index (χ1) is 9.97. The van der Waals surface area contributed by atoms with Crippen molar-refractivity contribution in [2.75, 3.05) is 0 Å². The molecule has 2 rings (SSSR count). The molecule has 1 saturated carbocycles. The van der Waals surface area contributed by atoms with E-state index in [-0.39, 0.29) is 17.7 Å². The summed E-state index contributed by atoms with van der Waals surface area (Å²) in [4.78, 5) is 12.2. The Balaban J connectivity index is 1.89. The fourth-order valence-electron chi connectivity index (χ4n) is 2.92. The van der Waals surface area contributed by atoms with Crippen LogP contribution in [0.15, 0.2) is 24.3 Å². The van der Waals surface area contributed by atoms with E-state index in [0.29, 0.717) is 17.2 Å². The van der Waals surface area contributed by atoms with Crippen LogP contribution < -0.4 is 10.5 Å². The van der Waals surface area contributed by atoms with Gasteiger partial charge in [0.15, 0.2) is 0 Å². The normalized spacial score (nSPS) is 22.0. The zero-order valence-corrected chi connectivity index (χ0v) is 12.8. The minimum atomic E-state index is -0.132. The summed E-state index contributed by atoms with van der Waals surface area (Å²) in [5.41, 5.74) is 6.03. The number of nitrogens with two attached hydrogens (primary N) is 1. The van der Waals surface area contributed by atoms with E-state index in [0.717, 1.165) is 31.6 Å². The second kappa shape index (κ2) is 6.74. The fraction of sp³-hybridized carbons (Fsp3) is 0.529. The summed E-state index contributed by atoms with van der Waals surface area (Å²) < 4.78 is 5.43. The third-order valence-corrected chi connectivity index (χ3v) is 4.43. The van der Waals surface area contributed by atoms with Crippen LogP contribution in [0.4, 0.5) is 0 Å². The van der Waals surface area contributed by atoms with Gasteiger partial charge in [-0.25, -0.2) is 0 Å². The van der Waals surface area contributed by atoms with E-state index in [1.54, 1.807) is 24.3 Å². The largest absolute Gasteiger partial charge is 0.426 e. The van der Waals surface area contributed by atoms with Gasteiger partial charge in [-0.2, -0.15) is 0 Å². The van der Waals surface area contributed by atoms with Crippen LogP contribution in [0.2, 0.25) is 0 Å². The number of hydrogen-bond acceptors (Lipinski definition) is 3. The summed E-state index contributed by atoms with van der Waals surface area (Å²) in [7, 11) is 0.